The molecular formula is C18H22FN3O3. The summed E-state index contributed by atoms with van der Waals surface area (Å²) in [4.78, 5) is 24.9. The van der Waals surface area contributed by atoms with Gasteiger partial charge >= 0.3 is 0 Å². The summed E-state index contributed by atoms with van der Waals surface area (Å²) in [6.07, 6.45) is -0.620. The maximum Gasteiger partial charge on any atom is 0.254 e. The van der Waals surface area contributed by atoms with Gasteiger partial charge < -0.3 is 20.7 Å². The van der Waals surface area contributed by atoms with E-state index in [0.29, 0.717) is 28.7 Å². The van der Waals surface area contributed by atoms with Crippen LogP contribution in [0.2, 0.25) is 0 Å². The number of alkyl halides is 1. The molecule has 2 aliphatic heterocycles. The molecular weight excluding hydrogens is 325 g/mol. The highest BCUT2D eigenvalue weighted by atomic mass is 19.1. The second kappa shape index (κ2) is 5.98. The highest BCUT2D eigenvalue weighted by Gasteiger charge is 2.53. The van der Waals surface area contributed by atoms with E-state index in [1.165, 1.54) is 13.1 Å². The maximum absolute atomic E-state index is 13.2. The van der Waals surface area contributed by atoms with Gasteiger partial charge in [-0.25, -0.2) is 4.39 Å². The van der Waals surface area contributed by atoms with Crippen LogP contribution < -0.4 is 20.7 Å². The number of hydrogen-bond donors (Lipinski definition) is 3. The molecule has 25 heavy (non-hydrogen) atoms. The van der Waals surface area contributed by atoms with Gasteiger partial charge in [-0.2, -0.15) is 0 Å². The lowest BCUT2D eigenvalue weighted by atomic mass is 9.94. The molecule has 2 heterocycles. The number of piperidine rings is 1. The molecule has 6 nitrogen and oxygen atoms in total. The monoisotopic (exact) mass is 347 g/mol. The Morgan fingerprint density at radius 1 is 1.28 bits per heavy atom. The third-order valence-electron chi connectivity index (χ3n) is 5.71. The van der Waals surface area contributed by atoms with E-state index in [-0.39, 0.29) is 29.3 Å². The van der Waals surface area contributed by atoms with Crippen molar-refractivity contribution < 1.29 is 18.7 Å². The second-order valence-corrected chi connectivity index (χ2v) is 7.11. The van der Waals surface area contributed by atoms with Crippen LogP contribution in [0, 0.1) is 11.8 Å². The Bertz CT molecular complexity index is 729. The lowest BCUT2D eigenvalue weighted by Gasteiger charge is -2.12. The number of fused-ring (bicyclic) bond motifs is 2. The van der Waals surface area contributed by atoms with E-state index in [9.17, 15) is 14.0 Å². The highest BCUT2D eigenvalue weighted by molar-refractivity contribution is 6.02. The number of benzene rings is 1. The first kappa shape index (κ1) is 16.3. The highest BCUT2D eigenvalue weighted by Crippen LogP contribution is 2.43. The van der Waals surface area contributed by atoms with E-state index in [1.807, 2.05) is 6.92 Å². The van der Waals surface area contributed by atoms with Crippen molar-refractivity contribution in [3.05, 3.63) is 28.8 Å². The minimum absolute atomic E-state index is 0.191. The van der Waals surface area contributed by atoms with Crippen LogP contribution in [0.25, 0.3) is 0 Å². The topological polar surface area (TPSA) is 79.5 Å². The zero-order valence-corrected chi connectivity index (χ0v) is 14.3. The quantitative estimate of drug-likeness (QED) is 0.754. The van der Waals surface area contributed by atoms with Gasteiger partial charge in [0.1, 0.15) is 18.5 Å². The van der Waals surface area contributed by atoms with Crippen LogP contribution in [0.1, 0.15) is 39.1 Å². The summed E-state index contributed by atoms with van der Waals surface area (Å²) in [5.41, 5.74) is 1.42. The van der Waals surface area contributed by atoms with E-state index in [1.54, 1.807) is 6.07 Å². The van der Waals surface area contributed by atoms with Crippen LogP contribution in [-0.4, -0.2) is 50.8 Å². The van der Waals surface area contributed by atoms with Gasteiger partial charge in [0.05, 0.1) is 5.56 Å². The first-order valence-corrected chi connectivity index (χ1v) is 8.69. The summed E-state index contributed by atoms with van der Waals surface area (Å²) in [7, 11) is 1.52. The van der Waals surface area contributed by atoms with Crippen LogP contribution in [0.5, 0.6) is 5.75 Å². The van der Waals surface area contributed by atoms with Gasteiger partial charge in [-0.05, 0) is 24.0 Å². The summed E-state index contributed by atoms with van der Waals surface area (Å²) in [5.74, 6) is 0.664. The average molecular weight is 347 g/mol. The Morgan fingerprint density at radius 3 is 2.64 bits per heavy atom. The van der Waals surface area contributed by atoms with Crippen molar-refractivity contribution in [3.8, 4) is 5.75 Å². The lowest BCUT2D eigenvalue weighted by Crippen LogP contribution is -2.32. The van der Waals surface area contributed by atoms with Crippen LogP contribution in [0.4, 0.5) is 4.39 Å². The second-order valence-electron chi connectivity index (χ2n) is 7.11. The number of halogens is 1. The summed E-state index contributed by atoms with van der Waals surface area (Å²) < 4.78 is 18.8. The zero-order chi connectivity index (χ0) is 17.7. The molecule has 2 amide bonds. The van der Waals surface area contributed by atoms with Crippen LogP contribution in [0.15, 0.2) is 12.1 Å². The first-order valence-electron chi connectivity index (χ1n) is 8.69. The third-order valence-corrected chi connectivity index (χ3v) is 5.71. The Kier molecular flexibility index (Phi) is 3.91. The van der Waals surface area contributed by atoms with Gasteiger partial charge in [0.25, 0.3) is 11.8 Å². The molecule has 0 radical (unpaired) electrons. The molecule has 0 unspecified atom stereocenters. The SMILES string of the molecule is CNC(=O)c1cc(C(=O)N[C@H]2[C@@H]3CNC[C@@H]32)cc2c1O[C@H](CF)[C@H]2C. The number of ether oxygens (including phenoxy) is 1. The molecule has 3 N–H and O–H groups in total. The summed E-state index contributed by atoms with van der Waals surface area (Å²) in [5, 5.41) is 8.91. The Balaban J connectivity index is 1.63. The predicted octanol–water partition coefficient (Wildman–Crippen LogP) is 0.828. The Labute approximate surface area is 145 Å². The molecule has 3 aliphatic rings. The molecule has 0 spiro atoms. The van der Waals surface area contributed by atoms with E-state index in [2.05, 4.69) is 16.0 Å². The summed E-state index contributed by atoms with van der Waals surface area (Å²) in [6, 6.07) is 3.47. The van der Waals surface area contributed by atoms with Gasteiger partial charge in [-0.15, -0.1) is 0 Å². The standard InChI is InChI=1S/C18H22FN3O3/c1-8-10-3-9(17(23)22-15-12-6-21-7-13(12)15)4-11(18(24)20-2)16(10)25-14(8)5-19/h3-4,8,12-15,21H,5-7H2,1-2H3,(H,20,24)(H,22,23)/t8-,12-,13+,14+,15+/m0/s1. The molecule has 0 bridgehead atoms. The molecule has 1 saturated heterocycles. The number of nitrogens with one attached hydrogen (secondary N) is 3. The van der Waals surface area contributed by atoms with Crippen molar-refractivity contribution in [3.63, 3.8) is 0 Å². The van der Waals surface area contributed by atoms with E-state index in [0.717, 1.165) is 13.1 Å². The number of carbonyl (C=O) groups is 2. The van der Waals surface area contributed by atoms with Crippen molar-refractivity contribution in [1.82, 2.24) is 16.0 Å². The third kappa shape index (κ3) is 2.57. The molecule has 4 rings (SSSR count). The van der Waals surface area contributed by atoms with Crippen molar-refractivity contribution in [2.45, 2.75) is 25.0 Å². The molecule has 0 aromatic heterocycles. The van der Waals surface area contributed by atoms with Crippen molar-refractivity contribution in [2.75, 3.05) is 26.8 Å². The summed E-state index contributed by atoms with van der Waals surface area (Å²) in [6.45, 7) is 3.09. The van der Waals surface area contributed by atoms with Gasteiger partial charge in [0, 0.05) is 43.2 Å². The smallest absolute Gasteiger partial charge is 0.254 e. The number of amides is 2. The van der Waals surface area contributed by atoms with Crippen LogP contribution in [0.3, 0.4) is 0 Å². The van der Waals surface area contributed by atoms with Crippen molar-refractivity contribution in [1.29, 1.82) is 0 Å². The van der Waals surface area contributed by atoms with E-state index in [4.69, 9.17) is 4.74 Å². The predicted molar refractivity (Wildman–Crippen MR) is 89.7 cm³/mol. The number of carbonyl (C=O) groups excluding carboxylic acids is 2. The van der Waals surface area contributed by atoms with Gasteiger partial charge in [-0.1, -0.05) is 6.92 Å². The lowest BCUT2D eigenvalue weighted by molar-refractivity contribution is 0.0946. The molecule has 7 heteroatoms. The fraction of sp³-hybridized carbons (Fsp3) is 0.556. The molecule has 2 fully saturated rings. The zero-order valence-electron chi connectivity index (χ0n) is 14.3. The van der Waals surface area contributed by atoms with E-state index < -0.39 is 12.8 Å². The fourth-order valence-electron chi connectivity index (χ4n) is 4.04. The number of hydrogen-bond acceptors (Lipinski definition) is 4. The Hall–Kier alpha value is -2.15. The van der Waals surface area contributed by atoms with Crippen molar-refractivity contribution >= 4 is 11.8 Å². The normalized spacial score (nSPS) is 31.7. The van der Waals surface area contributed by atoms with Crippen molar-refractivity contribution in [2.24, 2.45) is 11.8 Å². The average Bonchev–Trinajstić information content (AvgIpc) is 2.98. The van der Waals surface area contributed by atoms with Gasteiger partial charge in [0.2, 0.25) is 0 Å². The largest absolute Gasteiger partial charge is 0.486 e. The van der Waals surface area contributed by atoms with Gasteiger partial charge in [-0.3, -0.25) is 9.59 Å². The summed E-state index contributed by atoms with van der Waals surface area (Å²) >= 11 is 0. The van der Waals surface area contributed by atoms with Crippen LogP contribution in [-0.2, 0) is 0 Å². The maximum atomic E-state index is 13.2. The first-order chi connectivity index (χ1) is 12.0. The number of rotatable bonds is 4. The molecule has 5 atom stereocenters. The van der Waals surface area contributed by atoms with Crippen LogP contribution >= 0.6 is 0 Å². The molecule has 1 aromatic rings. The van der Waals surface area contributed by atoms with E-state index >= 15 is 0 Å². The Morgan fingerprint density at radius 2 is 2.00 bits per heavy atom. The fourth-order valence-corrected chi connectivity index (χ4v) is 4.04. The van der Waals surface area contributed by atoms with Gasteiger partial charge in [0.15, 0.2) is 0 Å². The molecule has 1 saturated carbocycles. The molecule has 134 valence electrons. The minimum atomic E-state index is -0.636. The minimum Gasteiger partial charge on any atom is -0.486 e. The molecule has 1 aliphatic carbocycles. The molecule has 1 aromatic carbocycles.